The molecule has 1 rings (SSSR count). The monoisotopic (exact) mass is 164 g/mol. The number of aliphatic hydroxyl groups excluding tert-OH is 1. The molecule has 0 saturated heterocycles. The second kappa shape index (κ2) is 4.51. The maximum absolute atomic E-state index is 8.91. The number of anilines is 1. The summed E-state index contributed by atoms with van der Waals surface area (Å²) in [4.78, 5) is 4.07. The lowest BCUT2D eigenvalue weighted by Gasteiger charge is -2.05. The summed E-state index contributed by atoms with van der Waals surface area (Å²) in [6.07, 6.45) is 3.43. The number of hydrogen-bond acceptors (Lipinski definition) is 3. The fraction of sp³-hybridized carbons (Fsp3) is 0.222. The maximum atomic E-state index is 8.91. The van der Waals surface area contributed by atoms with E-state index in [1.54, 1.807) is 18.3 Å². The predicted octanol–water partition coefficient (Wildman–Crippen LogP) is 1.17. The van der Waals surface area contributed by atoms with Crippen LogP contribution in [0.5, 0.6) is 0 Å². The third-order valence-electron chi connectivity index (χ3n) is 1.48. The van der Waals surface area contributed by atoms with Crippen molar-refractivity contribution in [1.82, 2.24) is 4.98 Å². The molecule has 2 N–H and O–H groups in total. The molecule has 0 aliphatic carbocycles. The van der Waals surface area contributed by atoms with Gasteiger partial charge in [0.25, 0.3) is 0 Å². The van der Waals surface area contributed by atoms with Gasteiger partial charge in [0.1, 0.15) is 5.82 Å². The third kappa shape index (κ3) is 2.07. The van der Waals surface area contributed by atoms with Crippen molar-refractivity contribution < 1.29 is 5.11 Å². The lowest BCUT2D eigenvalue weighted by Crippen LogP contribution is -2.03. The van der Waals surface area contributed by atoms with Crippen molar-refractivity contribution in [2.75, 3.05) is 11.9 Å². The van der Waals surface area contributed by atoms with Gasteiger partial charge in [-0.1, -0.05) is 12.1 Å². The van der Waals surface area contributed by atoms with Gasteiger partial charge in [-0.2, -0.15) is 0 Å². The molecule has 64 valence electrons. The molecule has 0 unspecified atom stereocenters. The molecule has 0 aliphatic heterocycles. The summed E-state index contributed by atoms with van der Waals surface area (Å²) in [6.45, 7) is 4.24. The first-order valence-corrected chi connectivity index (χ1v) is 3.78. The van der Waals surface area contributed by atoms with Crippen LogP contribution in [0.15, 0.2) is 31.0 Å². The Morgan fingerprint density at radius 1 is 1.67 bits per heavy atom. The summed E-state index contributed by atoms with van der Waals surface area (Å²) in [5.41, 5.74) is 0.805. The van der Waals surface area contributed by atoms with E-state index in [9.17, 15) is 0 Å². The molecule has 0 aromatic carbocycles. The Hall–Kier alpha value is -1.35. The fourth-order valence-corrected chi connectivity index (χ4v) is 0.894. The van der Waals surface area contributed by atoms with Crippen LogP contribution < -0.4 is 5.32 Å². The highest BCUT2D eigenvalue weighted by atomic mass is 16.3. The highest BCUT2D eigenvalue weighted by molar-refractivity contribution is 5.43. The molecule has 0 atom stereocenters. The molecule has 12 heavy (non-hydrogen) atoms. The minimum atomic E-state index is 0.00726. The van der Waals surface area contributed by atoms with Gasteiger partial charge in [-0.05, 0) is 6.07 Å². The van der Waals surface area contributed by atoms with E-state index in [1.165, 1.54) is 0 Å². The minimum Gasteiger partial charge on any atom is -0.392 e. The Balaban J connectivity index is 2.74. The van der Waals surface area contributed by atoms with Crippen LogP contribution in [-0.4, -0.2) is 16.6 Å². The van der Waals surface area contributed by atoms with E-state index in [0.29, 0.717) is 6.54 Å². The molecule has 0 bridgehead atoms. The fourth-order valence-electron chi connectivity index (χ4n) is 0.894. The van der Waals surface area contributed by atoms with Gasteiger partial charge in [-0.25, -0.2) is 4.98 Å². The Morgan fingerprint density at radius 2 is 2.50 bits per heavy atom. The van der Waals surface area contributed by atoms with Gasteiger partial charge in [0, 0.05) is 18.3 Å². The van der Waals surface area contributed by atoms with Crippen LogP contribution >= 0.6 is 0 Å². The molecular weight excluding hydrogens is 152 g/mol. The lowest BCUT2D eigenvalue weighted by molar-refractivity contribution is 0.282. The Labute approximate surface area is 71.8 Å². The summed E-state index contributed by atoms with van der Waals surface area (Å²) in [5, 5.41) is 11.9. The second-order valence-corrected chi connectivity index (χ2v) is 2.34. The molecule has 3 nitrogen and oxygen atoms in total. The van der Waals surface area contributed by atoms with Crippen molar-refractivity contribution in [1.29, 1.82) is 0 Å². The van der Waals surface area contributed by atoms with Crippen LogP contribution in [0.25, 0.3) is 0 Å². The largest absolute Gasteiger partial charge is 0.392 e. The van der Waals surface area contributed by atoms with Crippen molar-refractivity contribution in [3.05, 3.63) is 36.5 Å². The van der Waals surface area contributed by atoms with E-state index in [2.05, 4.69) is 16.9 Å². The summed E-state index contributed by atoms with van der Waals surface area (Å²) in [6, 6.07) is 3.63. The van der Waals surface area contributed by atoms with Crippen molar-refractivity contribution in [2.24, 2.45) is 0 Å². The molecule has 0 fully saturated rings. The quantitative estimate of drug-likeness (QED) is 0.657. The SMILES string of the molecule is C=CCNc1ncccc1CO. The Bertz CT molecular complexity index is 260. The van der Waals surface area contributed by atoms with E-state index in [4.69, 9.17) is 5.11 Å². The van der Waals surface area contributed by atoms with E-state index >= 15 is 0 Å². The number of aromatic nitrogens is 1. The Morgan fingerprint density at radius 3 is 3.17 bits per heavy atom. The predicted molar refractivity (Wildman–Crippen MR) is 48.8 cm³/mol. The molecule has 0 saturated carbocycles. The van der Waals surface area contributed by atoms with E-state index in [1.807, 2.05) is 6.07 Å². The molecular formula is C9H12N2O. The second-order valence-electron chi connectivity index (χ2n) is 2.34. The minimum absolute atomic E-state index is 0.00726. The van der Waals surface area contributed by atoms with Gasteiger partial charge in [0.05, 0.1) is 6.61 Å². The lowest BCUT2D eigenvalue weighted by atomic mass is 10.3. The molecule has 0 radical (unpaired) electrons. The van der Waals surface area contributed by atoms with Gasteiger partial charge in [0.2, 0.25) is 0 Å². The highest BCUT2D eigenvalue weighted by Gasteiger charge is 1.98. The van der Waals surface area contributed by atoms with Crippen molar-refractivity contribution in [2.45, 2.75) is 6.61 Å². The highest BCUT2D eigenvalue weighted by Crippen LogP contribution is 2.09. The molecule has 0 amide bonds. The summed E-state index contributed by atoms with van der Waals surface area (Å²) >= 11 is 0. The number of nitrogens with zero attached hydrogens (tertiary/aromatic N) is 1. The topological polar surface area (TPSA) is 45.2 Å². The van der Waals surface area contributed by atoms with E-state index in [-0.39, 0.29) is 6.61 Å². The van der Waals surface area contributed by atoms with Gasteiger partial charge < -0.3 is 10.4 Å². The maximum Gasteiger partial charge on any atom is 0.131 e. The van der Waals surface area contributed by atoms with Crippen LogP contribution in [0.1, 0.15) is 5.56 Å². The molecule has 1 aromatic heterocycles. The normalized spacial score (nSPS) is 9.42. The number of pyridine rings is 1. The van der Waals surface area contributed by atoms with Crippen LogP contribution in [0, 0.1) is 0 Å². The third-order valence-corrected chi connectivity index (χ3v) is 1.48. The van der Waals surface area contributed by atoms with Crippen molar-refractivity contribution >= 4 is 5.82 Å². The first-order chi connectivity index (χ1) is 5.88. The molecule has 1 aromatic rings. The van der Waals surface area contributed by atoms with E-state index < -0.39 is 0 Å². The van der Waals surface area contributed by atoms with E-state index in [0.717, 1.165) is 11.4 Å². The summed E-state index contributed by atoms with van der Waals surface area (Å²) in [7, 11) is 0. The summed E-state index contributed by atoms with van der Waals surface area (Å²) < 4.78 is 0. The standard InChI is InChI=1S/C9H12N2O/c1-2-5-10-9-8(7-12)4-3-6-11-9/h2-4,6,12H,1,5,7H2,(H,10,11). The average molecular weight is 164 g/mol. The van der Waals surface area contributed by atoms with Gasteiger partial charge >= 0.3 is 0 Å². The molecule has 0 aliphatic rings. The molecule has 3 heteroatoms. The average Bonchev–Trinajstić information content (AvgIpc) is 2.15. The smallest absolute Gasteiger partial charge is 0.131 e. The van der Waals surface area contributed by atoms with Gasteiger partial charge in [0.15, 0.2) is 0 Å². The van der Waals surface area contributed by atoms with Crippen LogP contribution in [0.4, 0.5) is 5.82 Å². The zero-order valence-electron chi connectivity index (χ0n) is 6.83. The zero-order valence-corrected chi connectivity index (χ0v) is 6.83. The van der Waals surface area contributed by atoms with Crippen LogP contribution in [0.2, 0.25) is 0 Å². The van der Waals surface area contributed by atoms with Crippen molar-refractivity contribution in [3.8, 4) is 0 Å². The number of aliphatic hydroxyl groups is 1. The molecule has 0 spiro atoms. The number of rotatable bonds is 4. The first-order valence-electron chi connectivity index (χ1n) is 3.78. The Kier molecular flexibility index (Phi) is 3.29. The van der Waals surface area contributed by atoms with Gasteiger partial charge in [-0.3, -0.25) is 0 Å². The number of hydrogen-bond donors (Lipinski definition) is 2. The summed E-state index contributed by atoms with van der Waals surface area (Å²) in [5.74, 6) is 0.722. The van der Waals surface area contributed by atoms with Crippen molar-refractivity contribution in [3.63, 3.8) is 0 Å². The first kappa shape index (κ1) is 8.74. The molecule has 1 heterocycles. The number of nitrogens with one attached hydrogen (secondary N) is 1. The van der Waals surface area contributed by atoms with Gasteiger partial charge in [-0.15, -0.1) is 6.58 Å². The zero-order chi connectivity index (χ0) is 8.81. The van der Waals surface area contributed by atoms with Crippen LogP contribution in [0.3, 0.4) is 0 Å². The van der Waals surface area contributed by atoms with Crippen LogP contribution in [-0.2, 0) is 6.61 Å².